The molecule has 0 radical (unpaired) electrons. The maximum Gasteiger partial charge on any atom is 0.269 e. The molecule has 1 heterocycles. The Kier molecular flexibility index (Phi) is 4.85. The summed E-state index contributed by atoms with van der Waals surface area (Å²) in [6.45, 7) is 4.12. The van der Waals surface area contributed by atoms with Crippen LogP contribution < -0.4 is 10.9 Å². The number of carbonyl (C=O) groups is 2. The molecule has 6 nitrogen and oxygen atoms in total. The third kappa shape index (κ3) is 4.07. The van der Waals surface area contributed by atoms with Gasteiger partial charge in [0, 0.05) is 5.56 Å². The molecular formula is C15H20N2O4S. The Morgan fingerprint density at radius 2 is 1.77 bits per heavy atom. The fraction of sp³-hybridized carbons (Fsp3) is 0.467. The van der Waals surface area contributed by atoms with Gasteiger partial charge in [-0.3, -0.25) is 20.4 Å². The summed E-state index contributed by atoms with van der Waals surface area (Å²) >= 11 is 0. The summed E-state index contributed by atoms with van der Waals surface area (Å²) in [7, 11) is -3.12. The second-order valence-electron chi connectivity index (χ2n) is 5.82. The molecule has 0 aromatic heterocycles. The van der Waals surface area contributed by atoms with Crippen LogP contribution in [-0.4, -0.2) is 31.7 Å². The van der Waals surface area contributed by atoms with E-state index in [-0.39, 0.29) is 11.5 Å². The van der Waals surface area contributed by atoms with Crippen LogP contribution in [0.15, 0.2) is 24.3 Å². The lowest BCUT2D eigenvalue weighted by Crippen LogP contribution is -2.44. The molecule has 0 saturated carbocycles. The highest BCUT2D eigenvalue weighted by atomic mass is 32.2. The molecule has 1 aromatic rings. The van der Waals surface area contributed by atoms with Crippen LogP contribution in [0.4, 0.5) is 0 Å². The SMILES string of the molecule is CC(C)c1ccc(C(=O)NNC(=O)[C@H]2CCS(=O)(=O)C2)cc1. The standard InChI is InChI=1S/C15H20N2O4S/c1-10(2)11-3-5-12(6-4-11)14(18)16-17-15(19)13-7-8-22(20,21)9-13/h3-6,10,13H,7-9H2,1-2H3,(H,16,18)(H,17,19)/t13-/m0/s1. The molecule has 1 atom stereocenters. The summed E-state index contributed by atoms with van der Waals surface area (Å²) in [6.07, 6.45) is 0.299. The third-order valence-corrected chi connectivity index (χ3v) is 5.51. The number of amides is 2. The van der Waals surface area contributed by atoms with Gasteiger partial charge in [0.05, 0.1) is 17.4 Å². The number of benzene rings is 1. The van der Waals surface area contributed by atoms with Gasteiger partial charge in [-0.05, 0) is 30.0 Å². The van der Waals surface area contributed by atoms with Gasteiger partial charge in [0.2, 0.25) is 5.91 Å². The average molecular weight is 324 g/mol. The zero-order valence-corrected chi connectivity index (χ0v) is 13.4. The van der Waals surface area contributed by atoms with E-state index >= 15 is 0 Å². The first-order valence-electron chi connectivity index (χ1n) is 7.19. The lowest BCUT2D eigenvalue weighted by Gasteiger charge is -2.11. The smallest absolute Gasteiger partial charge is 0.269 e. The molecule has 2 rings (SSSR count). The van der Waals surface area contributed by atoms with Crippen molar-refractivity contribution in [2.45, 2.75) is 26.2 Å². The van der Waals surface area contributed by atoms with Crippen molar-refractivity contribution >= 4 is 21.7 Å². The molecule has 1 aromatic carbocycles. The molecule has 2 N–H and O–H groups in total. The molecule has 120 valence electrons. The number of hydrazine groups is 1. The zero-order valence-electron chi connectivity index (χ0n) is 12.6. The highest BCUT2D eigenvalue weighted by molar-refractivity contribution is 7.91. The minimum absolute atomic E-state index is 0.0235. The molecule has 0 bridgehead atoms. The Labute approximate surface area is 130 Å². The second-order valence-corrected chi connectivity index (χ2v) is 8.05. The Balaban J connectivity index is 1.88. The molecule has 2 amide bonds. The highest BCUT2D eigenvalue weighted by Crippen LogP contribution is 2.18. The van der Waals surface area contributed by atoms with E-state index < -0.39 is 27.6 Å². The minimum atomic E-state index is -3.12. The van der Waals surface area contributed by atoms with E-state index in [1.54, 1.807) is 12.1 Å². The molecule has 1 fully saturated rings. The van der Waals surface area contributed by atoms with Crippen LogP contribution in [0, 0.1) is 5.92 Å². The highest BCUT2D eigenvalue weighted by Gasteiger charge is 2.33. The molecule has 7 heteroatoms. The van der Waals surface area contributed by atoms with Crippen molar-refractivity contribution in [1.82, 2.24) is 10.9 Å². The predicted molar refractivity (Wildman–Crippen MR) is 82.9 cm³/mol. The van der Waals surface area contributed by atoms with E-state index in [1.807, 2.05) is 12.1 Å². The summed E-state index contributed by atoms with van der Waals surface area (Å²) in [5.41, 5.74) is 6.17. The molecule has 0 aliphatic carbocycles. The normalized spacial score (nSPS) is 19.9. The lowest BCUT2D eigenvalue weighted by molar-refractivity contribution is -0.125. The fourth-order valence-corrected chi connectivity index (χ4v) is 4.06. The first-order chi connectivity index (χ1) is 10.3. The number of hydrogen-bond acceptors (Lipinski definition) is 4. The van der Waals surface area contributed by atoms with Crippen molar-refractivity contribution in [1.29, 1.82) is 0 Å². The van der Waals surface area contributed by atoms with Crippen LogP contribution in [0.2, 0.25) is 0 Å². The largest absolute Gasteiger partial charge is 0.273 e. The molecule has 1 saturated heterocycles. The van der Waals surface area contributed by atoms with Crippen molar-refractivity contribution < 1.29 is 18.0 Å². The number of carbonyl (C=O) groups excluding carboxylic acids is 2. The lowest BCUT2D eigenvalue weighted by atomic mass is 10.0. The molecule has 22 heavy (non-hydrogen) atoms. The van der Waals surface area contributed by atoms with Gasteiger partial charge in [-0.2, -0.15) is 0 Å². The maximum absolute atomic E-state index is 11.9. The van der Waals surface area contributed by atoms with E-state index in [2.05, 4.69) is 24.7 Å². The van der Waals surface area contributed by atoms with Gasteiger partial charge in [-0.1, -0.05) is 26.0 Å². The van der Waals surface area contributed by atoms with Crippen LogP contribution in [0.25, 0.3) is 0 Å². The summed E-state index contributed by atoms with van der Waals surface area (Å²) in [6, 6.07) is 7.11. The van der Waals surface area contributed by atoms with E-state index in [1.165, 1.54) is 0 Å². The maximum atomic E-state index is 11.9. The van der Waals surface area contributed by atoms with E-state index in [0.717, 1.165) is 5.56 Å². The first kappa shape index (κ1) is 16.5. The van der Waals surface area contributed by atoms with Crippen LogP contribution in [0.3, 0.4) is 0 Å². The van der Waals surface area contributed by atoms with Crippen molar-refractivity contribution in [3.05, 3.63) is 35.4 Å². The van der Waals surface area contributed by atoms with Crippen molar-refractivity contribution in [2.24, 2.45) is 5.92 Å². The van der Waals surface area contributed by atoms with Crippen LogP contribution in [0.5, 0.6) is 0 Å². The Hall–Kier alpha value is -1.89. The van der Waals surface area contributed by atoms with Crippen LogP contribution in [0.1, 0.15) is 42.1 Å². The van der Waals surface area contributed by atoms with Gasteiger partial charge >= 0.3 is 0 Å². The van der Waals surface area contributed by atoms with Gasteiger partial charge in [0.1, 0.15) is 0 Å². The van der Waals surface area contributed by atoms with Gasteiger partial charge in [-0.15, -0.1) is 0 Å². The van der Waals surface area contributed by atoms with Gasteiger partial charge in [-0.25, -0.2) is 8.42 Å². The Bertz CT molecular complexity index is 665. The van der Waals surface area contributed by atoms with Crippen LogP contribution in [-0.2, 0) is 14.6 Å². The Morgan fingerprint density at radius 3 is 2.27 bits per heavy atom. The molecule has 1 aliphatic heterocycles. The zero-order chi connectivity index (χ0) is 16.3. The molecule has 0 unspecified atom stereocenters. The molecule has 0 spiro atoms. The molecular weight excluding hydrogens is 304 g/mol. The third-order valence-electron chi connectivity index (χ3n) is 3.74. The Morgan fingerprint density at radius 1 is 1.14 bits per heavy atom. The first-order valence-corrected chi connectivity index (χ1v) is 9.01. The van der Waals surface area contributed by atoms with Gasteiger partial charge in [0.25, 0.3) is 5.91 Å². The summed E-state index contributed by atoms with van der Waals surface area (Å²) in [5.74, 6) is -1.24. The van der Waals surface area contributed by atoms with E-state index in [0.29, 0.717) is 17.9 Å². The minimum Gasteiger partial charge on any atom is -0.273 e. The summed E-state index contributed by atoms with van der Waals surface area (Å²) in [4.78, 5) is 23.8. The topological polar surface area (TPSA) is 92.3 Å². The molecule has 1 aliphatic rings. The number of nitrogens with one attached hydrogen (secondary N) is 2. The fourth-order valence-electron chi connectivity index (χ4n) is 2.31. The quantitative estimate of drug-likeness (QED) is 0.812. The number of sulfone groups is 1. The van der Waals surface area contributed by atoms with Crippen LogP contribution >= 0.6 is 0 Å². The predicted octanol–water partition coefficient (Wildman–Crippen LogP) is 1.01. The van der Waals surface area contributed by atoms with E-state index in [9.17, 15) is 18.0 Å². The van der Waals surface area contributed by atoms with Crippen molar-refractivity contribution in [3.63, 3.8) is 0 Å². The summed E-state index contributed by atoms with van der Waals surface area (Å²) < 4.78 is 22.6. The van der Waals surface area contributed by atoms with Gasteiger partial charge in [0.15, 0.2) is 9.84 Å². The average Bonchev–Trinajstić information content (AvgIpc) is 2.84. The number of rotatable bonds is 3. The van der Waals surface area contributed by atoms with Crippen molar-refractivity contribution in [3.8, 4) is 0 Å². The monoisotopic (exact) mass is 324 g/mol. The number of hydrogen-bond donors (Lipinski definition) is 2. The second kappa shape index (κ2) is 6.48. The van der Waals surface area contributed by atoms with Gasteiger partial charge < -0.3 is 0 Å². The van der Waals surface area contributed by atoms with Crippen molar-refractivity contribution in [2.75, 3.05) is 11.5 Å². The summed E-state index contributed by atoms with van der Waals surface area (Å²) in [5, 5.41) is 0. The van der Waals surface area contributed by atoms with E-state index in [4.69, 9.17) is 0 Å².